The molecule has 1 unspecified atom stereocenters. The summed E-state index contributed by atoms with van der Waals surface area (Å²) in [6, 6.07) is 2.60. The van der Waals surface area contributed by atoms with Crippen molar-refractivity contribution in [2.75, 3.05) is 36.9 Å². The fraction of sp³-hybridized carbons (Fsp3) is 0.714. The van der Waals surface area contributed by atoms with E-state index in [1.54, 1.807) is 0 Å². The van der Waals surface area contributed by atoms with Crippen molar-refractivity contribution in [3.05, 3.63) is 11.9 Å². The molecule has 1 aliphatic rings. The molecule has 1 atom stereocenters. The minimum atomic E-state index is 0.540. The first-order valence-corrected chi connectivity index (χ1v) is 7.24. The highest BCUT2D eigenvalue weighted by atomic mass is 15.2. The Morgan fingerprint density at radius 3 is 3.00 bits per heavy atom. The predicted octanol–water partition coefficient (Wildman–Crippen LogP) is 1.80. The Morgan fingerprint density at radius 2 is 2.32 bits per heavy atom. The third kappa shape index (κ3) is 3.80. The van der Waals surface area contributed by atoms with Gasteiger partial charge in [0.1, 0.15) is 17.5 Å². The molecule has 0 spiro atoms. The molecule has 2 N–H and O–H groups in total. The molecule has 1 saturated heterocycles. The van der Waals surface area contributed by atoms with Crippen LogP contribution in [0.1, 0.15) is 32.0 Å². The maximum Gasteiger partial charge on any atom is 0.134 e. The van der Waals surface area contributed by atoms with Gasteiger partial charge in [-0.1, -0.05) is 13.3 Å². The predicted molar refractivity (Wildman–Crippen MR) is 79.8 cm³/mol. The molecule has 2 heterocycles. The van der Waals surface area contributed by atoms with Gasteiger partial charge in [-0.3, -0.25) is 0 Å². The van der Waals surface area contributed by atoms with Gasteiger partial charge in [-0.2, -0.15) is 0 Å². The van der Waals surface area contributed by atoms with Crippen molar-refractivity contribution in [3.63, 3.8) is 0 Å². The third-order valence-corrected chi connectivity index (χ3v) is 3.60. The molecule has 1 aromatic rings. The summed E-state index contributed by atoms with van der Waals surface area (Å²) < 4.78 is 0. The van der Waals surface area contributed by atoms with Crippen LogP contribution in [-0.2, 0) is 0 Å². The molecule has 0 amide bonds. The highest BCUT2D eigenvalue weighted by Crippen LogP contribution is 2.19. The SMILES string of the molecule is CCCCNc1cc(N(C)C2CCNC2)nc(C)n1. The van der Waals surface area contributed by atoms with E-state index in [0.717, 1.165) is 37.1 Å². The van der Waals surface area contributed by atoms with Gasteiger partial charge in [0.15, 0.2) is 0 Å². The number of hydrogen-bond acceptors (Lipinski definition) is 5. The number of nitrogens with one attached hydrogen (secondary N) is 2. The molecule has 0 aromatic carbocycles. The quantitative estimate of drug-likeness (QED) is 0.766. The molecule has 5 heteroatoms. The van der Waals surface area contributed by atoms with E-state index in [2.05, 4.69) is 45.5 Å². The maximum absolute atomic E-state index is 4.55. The average Bonchev–Trinajstić information content (AvgIpc) is 2.91. The molecule has 1 fully saturated rings. The van der Waals surface area contributed by atoms with Crippen molar-refractivity contribution >= 4 is 11.6 Å². The monoisotopic (exact) mass is 263 g/mol. The number of nitrogens with zero attached hydrogens (tertiary/aromatic N) is 3. The molecule has 1 aliphatic heterocycles. The molecule has 2 rings (SSSR count). The number of aryl methyl sites for hydroxylation is 1. The van der Waals surface area contributed by atoms with E-state index in [1.807, 2.05) is 6.92 Å². The number of anilines is 2. The summed E-state index contributed by atoms with van der Waals surface area (Å²) in [5, 5.41) is 6.77. The van der Waals surface area contributed by atoms with Crippen molar-refractivity contribution in [2.24, 2.45) is 0 Å². The van der Waals surface area contributed by atoms with Crippen LogP contribution in [-0.4, -0.2) is 42.7 Å². The molecular weight excluding hydrogens is 238 g/mol. The van der Waals surface area contributed by atoms with Crippen LogP contribution in [0.15, 0.2) is 6.07 Å². The summed E-state index contributed by atoms with van der Waals surface area (Å²) in [7, 11) is 2.12. The molecule has 1 aromatic heterocycles. The Hall–Kier alpha value is -1.36. The number of hydrogen-bond donors (Lipinski definition) is 2. The van der Waals surface area contributed by atoms with E-state index in [0.29, 0.717) is 6.04 Å². The summed E-state index contributed by atoms with van der Waals surface area (Å²) in [4.78, 5) is 11.3. The molecule has 0 aliphatic carbocycles. The topological polar surface area (TPSA) is 53.1 Å². The summed E-state index contributed by atoms with van der Waals surface area (Å²) in [6.45, 7) is 7.26. The average molecular weight is 263 g/mol. The zero-order chi connectivity index (χ0) is 13.7. The minimum Gasteiger partial charge on any atom is -0.370 e. The van der Waals surface area contributed by atoms with E-state index in [-0.39, 0.29) is 0 Å². The lowest BCUT2D eigenvalue weighted by Crippen LogP contribution is -2.34. The summed E-state index contributed by atoms with van der Waals surface area (Å²) in [6.07, 6.45) is 3.54. The largest absolute Gasteiger partial charge is 0.370 e. The normalized spacial score (nSPS) is 18.6. The smallest absolute Gasteiger partial charge is 0.134 e. The second-order valence-electron chi connectivity index (χ2n) is 5.20. The van der Waals surface area contributed by atoms with Gasteiger partial charge in [0.25, 0.3) is 0 Å². The van der Waals surface area contributed by atoms with Crippen LogP contribution in [0, 0.1) is 6.92 Å². The first-order chi connectivity index (χ1) is 9.20. The number of unbranched alkanes of at least 4 members (excludes halogenated alkanes) is 1. The zero-order valence-corrected chi connectivity index (χ0v) is 12.2. The van der Waals surface area contributed by atoms with Gasteiger partial charge in [-0.15, -0.1) is 0 Å². The third-order valence-electron chi connectivity index (χ3n) is 3.60. The summed E-state index contributed by atoms with van der Waals surface area (Å²) in [5.41, 5.74) is 0. The standard InChI is InChI=1S/C14H25N5/c1-4-5-7-16-13-9-14(18-11(2)17-13)19(3)12-6-8-15-10-12/h9,12,15H,4-8,10H2,1-3H3,(H,16,17,18). The minimum absolute atomic E-state index is 0.540. The second kappa shape index (κ2) is 6.70. The van der Waals surface area contributed by atoms with Gasteiger partial charge in [-0.05, 0) is 26.3 Å². The molecule has 0 bridgehead atoms. The lowest BCUT2D eigenvalue weighted by molar-refractivity contribution is 0.675. The molecule has 19 heavy (non-hydrogen) atoms. The summed E-state index contributed by atoms with van der Waals surface area (Å²) in [5.74, 6) is 2.78. The van der Waals surface area contributed by atoms with Gasteiger partial charge in [-0.25, -0.2) is 9.97 Å². The van der Waals surface area contributed by atoms with E-state index < -0.39 is 0 Å². The molecular formula is C14H25N5. The van der Waals surface area contributed by atoms with Gasteiger partial charge in [0.05, 0.1) is 0 Å². The Kier molecular flexibility index (Phi) is 4.96. The number of likely N-dealkylation sites (N-methyl/N-ethyl adjacent to an activating group) is 1. The van der Waals surface area contributed by atoms with Gasteiger partial charge in [0.2, 0.25) is 0 Å². The fourth-order valence-corrected chi connectivity index (χ4v) is 2.37. The Labute approximate surface area is 115 Å². The van der Waals surface area contributed by atoms with Crippen molar-refractivity contribution < 1.29 is 0 Å². The highest BCUT2D eigenvalue weighted by Gasteiger charge is 2.20. The van der Waals surface area contributed by atoms with Crippen LogP contribution >= 0.6 is 0 Å². The van der Waals surface area contributed by atoms with Gasteiger partial charge in [0, 0.05) is 32.2 Å². The zero-order valence-electron chi connectivity index (χ0n) is 12.2. The van der Waals surface area contributed by atoms with E-state index in [1.165, 1.54) is 19.3 Å². The Morgan fingerprint density at radius 1 is 1.47 bits per heavy atom. The van der Waals surface area contributed by atoms with Crippen LogP contribution in [0.2, 0.25) is 0 Å². The van der Waals surface area contributed by atoms with Gasteiger partial charge < -0.3 is 15.5 Å². The molecule has 0 saturated carbocycles. The van der Waals surface area contributed by atoms with Crippen LogP contribution in [0.25, 0.3) is 0 Å². The fourth-order valence-electron chi connectivity index (χ4n) is 2.37. The highest BCUT2D eigenvalue weighted by molar-refractivity contribution is 5.49. The number of aromatic nitrogens is 2. The molecule has 106 valence electrons. The van der Waals surface area contributed by atoms with E-state index >= 15 is 0 Å². The Bertz CT molecular complexity index is 401. The number of rotatable bonds is 6. The first kappa shape index (κ1) is 14.1. The first-order valence-electron chi connectivity index (χ1n) is 7.24. The van der Waals surface area contributed by atoms with Crippen molar-refractivity contribution in [2.45, 2.75) is 39.2 Å². The molecule has 0 radical (unpaired) electrons. The van der Waals surface area contributed by atoms with Crippen molar-refractivity contribution in [1.82, 2.24) is 15.3 Å². The van der Waals surface area contributed by atoms with Crippen LogP contribution in [0.3, 0.4) is 0 Å². The van der Waals surface area contributed by atoms with Gasteiger partial charge >= 0.3 is 0 Å². The van der Waals surface area contributed by atoms with Crippen molar-refractivity contribution in [3.8, 4) is 0 Å². The second-order valence-corrected chi connectivity index (χ2v) is 5.20. The van der Waals surface area contributed by atoms with Crippen LogP contribution in [0.4, 0.5) is 11.6 Å². The lowest BCUT2D eigenvalue weighted by atomic mass is 10.2. The van der Waals surface area contributed by atoms with E-state index in [9.17, 15) is 0 Å². The molecule has 5 nitrogen and oxygen atoms in total. The maximum atomic E-state index is 4.55. The van der Waals surface area contributed by atoms with Crippen LogP contribution in [0.5, 0.6) is 0 Å². The lowest BCUT2D eigenvalue weighted by Gasteiger charge is -2.25. The van der Waals surface area contributed by atoms with Crippen LogP contribution < -0.4 is 15.5 Å². The van der Waals surface area contributed by atoms with Crippen molar-refractivity contribution in [1.29, 1.82) is 0 Å². The Balaban J connectivity index is 2.06. The van der Waals surface area contributed by atoms with E-state index in [4.69, 9.17) is 0 Å². The summed E-state index contributed by atoms with van der Waals surface area (Å²) >= 11 is 0.